The predicted octanol–water partition coefficient (Wildman–Crippen LogP) is 2.50. The van der Waals surface area contributed by atoms with Crippen LogP contribution in [0.25, 0.3) is 0 Å². The average molecular weight is 340 g/mol. The molecule has 1 aliphatic heterocycles. The largest absolute Gasteiger partial charge is 0.465 e. The van der Waals surface area contributed by atoms with E-state index in [1.165, 1.54) is 7.11 Å². The molecule has 7 nitrogen and oxygen atoms in total. The normalized spacial score (nSPS) is 13.4. The zero-order valence-corrected chi connectivity index (χ0v) is 13.5. The molecular formula is C18H16N2O5. The van der Waals surface area contributed by atoms with Crippen molar-refractivity contribution in [1.82, 2.24) is 0 Å². The first kappa shape index (κ1) is 16.5. The number of fused-ring (bicyclic) bond motifs is 1. The van der Waals surface area contributed by atoms with E-state index in [0.717, 1.165) is 10.5 Å². The monoisotopic (exact) mass is 340 g/mol. The van der Waals surface area contributed by atoms with Gasteiger partial charge in [0.2, 0.25) is 5.91 Å². The number of hydrogen-bond acceptors (Lipinski definition) is 4. The minimum Gasteiger partial charge on any atom is -0.465 e. The van der Waals surface area contributed by atoms with Gasteiger partial charge < -0.3 is 14.7 Å². The lowest BCUT2D eigenvalue weighted by Gasteiger charge is -2.34. The number of anilines is 2. The minimum atomic E-state index is -1.16. The Morgan fingerprint density at radius 3 is 2.32 bits per heavy atom. The standard InChI is InChI=1S/C18H16N2O5/c1-25-17(22)13-8-6-12(7-9-13)10-19-14-4-2-3-5-15(14)20(18(23)24)11-16(19)21/h2-9H,10-11H2,1H3,(H,23,24). The van der Waals surface area contributed by atoms with Crippen LogP contribution in [0.1, 0.15) is 15.9 Å². The van der Waals surface area contributed by atoms with E-state index in [1.807, 2.05) is 0 Å². The number of carbonyl (C=O) groups is 3. The number of carboxylic acid groups (broad SMARTS) is 1. The highest BCUT2D eigenvalue weighted by atomic mass is 16.5. The molecule has 0 saturated heterocycles. The lowest BCUT2D eigenvalue weighted by atomic mass is 10.1. The second-order valence-corrected chi connectivity index (χ2v) is 5.53. The summed E-state index contributed by atoms with van der Waals surface area (Å²) in [6, 6.07) is 13.6. The fraction of sp³-hybridized carbons (Fsp3) is 0.167. The molecule has 128 valence electrons. The molecule has 2 aromatic carbocycles. The first-order valence-electron chi connectivity index (χ1n) is 7.58. The van der Waals surface area contributed by atoms with E-state index < -0.39 is 12.1 Å². The summed E-state index contributed by atoms with van der Waals surface area (Å²) in [5.41, 5.74) is 2.26. The number of rotatable bonds is 3. The van der Waals surface area contributed by atoms with Crippen LogP contribution >= 0.6 is 0 Å². The minimum absolute atomic E-state index is 0.230. The quantitative estimate of drug-likeness (QED) is 0.868. The number of methoxy groups -OCH3 is 1. The average Bonchev–Trinajstić information content (AvgIpc) is 2.63. The van der Waals surface area contributed by atoms with Crippen LogP contribution in [0.5, 0.6) is 0 Å². The van der Waals surface area contributed by atoms with Crippen molar-refractivity contribution < 1.29 is 24.2 Å². The van der Waals surface area contributed by atoms with E-state index in [0.29, 0.717) is 16.9 Å². The van der Waals surface area contributed by atoms with E-state index in [9.17, 15) is 19.5 Å². The van der Waals surface area contributed by atoms with E-state index in [-0.39, 0.29) is 19.0 Å². The van der Waals surface area contributed by atoms with Crippen LogP contribution in [-0.4, -0.2) is 36.7 Å². The van der Waals surface area contributed by atoms with Crippen molar-refractivity contribution in [3.05, 3.63) is 59.7 Å². The van der Waals surface area contributed by atoms with Crippen LogP contribution in [0.3, 0.4) is 0 Å². The van der Waals surface area contributed by atoms with Crippen LogP contribution in [0.2, 0.25) is 0 Å². The van der Waals surface area contributed by atoms with Crippen LogP contribution in [0, 0.1) is 0 Å². The molecule has 3 rings (SSSR count). The van der Waals surface area contributed by atoms with Gasteiger partial charge in [-0.2, -0.15) is 0 Å². The van der Waals surface area contributed by atoms with Gasteiger partial charge in [-0.05, 0) is 29.8 Å². The zero-order valence-electron chi connectivity index (χ0n) is 13.5. The highest BCUT2D eigenvalue weighted by molar-refractivity contribution is 6.09. The molecule has 2 aromatic rings. The fourth-order valence-electron chi connectivity index (χ4n) is 2.75. The maximum absolute atomic E-state index is 12.4. The summed E-state index contributed by atoms with van der Waals surface area (Å²) in [6.07, 6.45) is -1.16. The van der Waals surface area contributed by atoms with Crippen molar-refractivity contribution >= 4 is 29.3 Å². The highest BCUT2D eigenvalue weighted by Crippen LogP contribution is 2.34. The number of ether oxygens (including phenoxy) is 1. The second kappa shape index (κ2) is 6.64. The summed E-state index contributed by atoms with van der Waals surface area (Å²) < 4.78 is 4.66. The summed E-state index contributed by atoms with van der Waals surface area (Å²) in [5, 5.41) is 9.30. The number of amides is 2. The maximum Gasteiger partial charge on any atom is 0.412 e. The lowest BCUT2D eigenvalue weighted by molar-refractivity contribution is -0.117. The molecule has 0 spiro atoms. The molecule has 1 aliphatic rings. The van der Waals surface area contributed by atoms with Crippen molar-refractivity contribution in [1.29, 1.82) is 0 Å². The van der Waals surface area contributed by atoms with Gasteiger partial charge in [0, 0.05) is 0 Å². The smallest absolute Gasteiger partial charge is 0.412 e. The molecule has 7 heteroatoms. The Bertz CT molecular complexity index is 832. The third-order valence-electron chi connectivity index (χ3n) is 4.00. The van der Waals surface area contributed by atoms with Gasteiger partial charge >= 0.3 is 12.1 Å². The Balaban J connectivity index is 1.89. The Labute approximate surface area is 144 Å². The van der Waals surface area contributed by atoms with Gasteiger partial charge in [0.25, 0.3) is 0 Å². The molecule has 0 bridgehead atoms. The highest BCUT2D eigenvalue weighted by Gasteiger charge is 2.32. The van der Waals surface area contributed by atoms with E-state index in [2.05, 4.69) is 4.74 Å². The molecule has 2 amide bonds. The molecule has 0 fully saturated rings. The van der Waals surface area contributed by atoms with Gasteiger partial charge in [-0.3, -0.25) is 9.69 Å². The SMILES string of the molecule is COC(=O)c1ccc(CN2C(=O)CN(C(=O)O)c3ccccc32)cc1. The van der Waals surface area contributed by atoms with Gasteiger partial charge in [-0.25, -0.2) is 9.59 Å². The maximum atomic E-state index is 12.4. The second-order valence-electron chi connectivity index (χ2n) is 5.53. The summed E-state index contributed by atoms with van der Waals surface area (Å²) in [6.45, 7) is 0.0529. The van der Waals surface area contributed by atoms with Gasteiger partial charge in [0.1, 0.15) is 6.54 Å². The van der Waals surface area contributed by atoms with Crippen molar-refractivity contribution in [3.63, 3.8) is 0 Å². The third-order valence-corrected chi connectivity index (χ3v) is 4.00. The summed E-state index contributed by atoms with van der Waals surface area (Å²) >= 11 is 0. The van der Waals surface area contributed by atoms with Crippen molar-refractivity contribution in [3.8, 4) is 0 Å². The predicted molar refractivity (Wildman–Crippen MR) is 90.8 cm³/mol. The van der Waals surface area contributed by atoms with Crippen LogP contribution in [0.4, 0.5) is 16.2 Å². The number of hydrogen-bond donors (Lipinski definition) is 1. The molecule has 25 heavy (non-hydrogen) atoms. The molecule has 0 saturated carbocycles. The molecule has 0 radical (unpaired) electrons. The van der Waals surface area contributed by atoms with Gasteiger partial charge in [-0.1, -0.05) is 24.3 Å². The summed E-state index contributed by atoms with van der Waals surface area (Å²) in [7, 11) is 1.31. The zero-order chi connectivity index (χ0) is 18.0. The topological polar surface area (TPSA) is 87.2 Å². The lowest BCUT2D eigenvalue weighted by Crippen LogP contribution is -2.47. The molecule has 0 unspecified atom stereocenters. The Morgan fingerprint density at radius 1 is 1.08 bits per heavy atom. The first-order valence-corrected chi connectivity index (χ1v) is 7.58. The van der Waals surface area contributed by atoms with Crippen LogP contribution in [0.15, 0.2) is 48.5 Å². The number of para-hydroxylation sites is 2. The molecule has 1 heterocycles. The molecular weight excluding hydrogens is 324 g/mol. The van der Waals surface area contributed by atoms with Crippen molar-refractivity contribution in [2.24, 2.45) is 0 Å². The molecule has 0 atom stereocenters. The Kier molecular flexibility index (Phi) is 4.38. The number of nitrogens with zero attached hydrogens (tertiary/aromatic N) is 2. The van der Waals surface area contributed by atoms with Gasteiger partial charge in [-0.15, -0.1) is 0 Å². The van der Waals surface area contributed by atoms with E-state index >= 15 is 0 Å². The van der Waals surface area contributed by atoms with Crippen molar-refractivity contribution in [2.45, 2.75) is 6.54 Å². The fourth-order valence-corrected chi connectivity index (χ4v) is 2.75. The van der Waals surface area contributed by atoms with Crippen LogP contribution in [-0.2, 0) is 16.1 Å². The Morgan fingerprint density at radius 2 is 1.72 bits per heavy atom. The molecule has 0 aliphatic carbocycles. The number of esters is 1. The van der Waals surface area contributed by atoms with Crippen LogP contribution < -0.4 is 9.80 Å². The first-order chi connectivity index (χ1) is 12.0. The number of carbonyl (C=O) groups excluding carboxylic acids is 2. The Hall–Kier alpha value is -3.35. The van der Waals surface area contributed by atoms with Gasteiger partial charge in [0.05, 0.1) is 30.6 Å². The van der Waals surface area contributed by atoms with E-state index in [1.54, 1.807) is 53.4 Å². The molecule has 0 aromatic heterocycles. The van der Waals surface area contributed by atoms with E-state index in [4.69, 9.17) is 0 Å². The van der Waals surface area contributed by atoms with Crippen molar-refractivity contribution in [2.75, 3.05) is 23.5 Å². The summed E-state index contributed by atoms with van der Waals surface area (Å²) in [4.78, 5) is 37.9. The van der Waals surface area contributed by atoms with Gasteiger partial charge in [0.15, 0.2) is 0 Å². The number of benzene rings is 2. The summed E-state index contributed by atoms with van der Waals surface area (Å²) in [5.74, 6) is -0.735. The third kappa shape index (κ3) is 3.16. The molecule has 1 N–H and O–H groups in total.